The van der Waals surface area contributed by atoms with Crippen molar-refractivity contribution in [1.29, 1.82) is 0 Å². The van der Waals surface area contributed by atoms with E-state index < -0.39 is 24.5 Å². The topological polar surface area (TPSA) is 188 Å². The molecule has 3 aromatic rings. The van der Waals surface area contributed by atoms with Crippen molar-refractivity contribution >= 4 is 29.4 Å². The first-order valence-electron chi connectivity index (χ1n) is 13.7. The molecule has 1 aliphatic carbocycles. The Bertz CT molecular complexity index is 1250. The molecule has 4 heterocycles. The maximum Gasteiger partial charge on any atom is 0.293 e. The number of nitrogens with zero attached hydrogens (tertiary/aromatic N) is 6. The second kappa shape index (κ2) is 11.8. The SMILES string of the molecule is CCc1noc([C@H]2O[C@@H](n3cnc4c(NC(CC)CC)nc(N[C@H]5CC[C@H](N)CC5)nc43)[C@H](OC=O)[C@@H]2O)n1. The van der Waals surface area contributed by atoms with Crippen molar-refractivity contribution < 1.29 is 23.9 Å². The van der Waals surface area contributed by atoms with Crippen molar-refractivity contribution in [2.45, 2.75) is 108 Å². The third-order valence-electron chi connectivity index (χ3n) is 7.60. The summed E-state index contributed by atoms with van der Waals surface area (Å²) in [7, 11) is 0. The molecule has 1 aliphatic heterocycles. The summed E-state index contributed by atoms with van der Waals surface area (Å²) in [4.78, 5) is 29.9. The zero-order chi connectivity index (χ0) is 27.5. The van der Waals surface area contributed by atoms with Gasteiger partial charge in [0.05, 0.1) is 6.33 Å². The fourth-order valence-corrected chi connectivity index (χ4v) is 5.22. The first-order valence-corrected chi connectivity index (χ1v) is 13.7. The number of fused-ring (bicyclic) bond motifs is 1. The Morgan fingerprint density at radius 1 is 1.21 bits per heavy atom. The van der Waals surface area contributed by atoms with E-state index >= 15 is 0 Å². The summed E-state index contributed by atoms with van der Waals surface area (Å²) < 4.78 is 18.4. The molecular formula is C25H37N9O5. The van der Waals surface area contributed by atoms with Crippen LogP contribution in [0.3, 0.4) is 0 Å². The molecule has 0 aromatic carbocycles. The lowest BCUT2D eigenvalue weighted by molar-refractivity contribution is -0.142. The summed E-state index contributed by atoms with van der Waals surface area (Å²) in [6.07, 6.45) is 3.38. The number of rotatable bonds is 11. The molecule has 39 heavy (non-hydrogen) atoms. The van der Waals surface area contributed by atoms with E-state index in [1.807, 2.05) is 6.92 Å². The second-order valence-corrected chi connectivity index (χ2v) is 10.2. The van der Waals surface area contributed by atoms with E-state index in [-0.39, 0.29) is 30.5 Å². The van der Waals surface area contributed by atoms with Gasteiger partial charge in [0.25, 0.3) is 12.4 Å². The average Bonchev–Trinajstić information content (AvgIpc) is 3.66. The summed E-state index contributed by atoms with van der Waals surface area (Å²) >= 11 is 0. The van der Waals surface area contributed by atoms with E-state index in [4.69, 9.17) is 29.7 Å². The lowest BCUT2D eigenvalue weighted by Crippen LogP contribution is -2.33. The van der Waals surface area contributed by atoms with Gasteiger partial charge in [-0.15, -0.1) is 0 Å². The molecule has 0 amide bonds. The van der Waals surface area contributed by atoms with E-state index in [1.165, 1.54) is 0 Å². The molecule has 0 unspecified atom stereocenters. The Kier molecular flexibility index (Phi) is 8.23. The average molecular weight is 544 g/mol. The maximum atomic E-state index is 11.4. The zero-order valence-electron chi connectivity index (χ0n) is 22.5. The molecule has 212 valence electrons. The number of aromatic nitrogens is 6. The van der Waals surface area contributed by atoms with Crippen LogP contribution in [-0.4, -0.2) is 71.6 Å². The van der Waals surface area contributed by atoms with Gasteiger partial charge in [0.15, 0.2) is 41.2 Å². The van der Waals surface area contributed by atoms with E-state index in [2.05, 4.69) is 39.6 Å². The Morgan fingerprint density at radius 3 is 2.64 bits per heavy atom. The molecule has 0 spiro atoms. The molecule has 5 rings (SSSR count). The van der Waals surface area contributed by atoms with Gasteiger partial charge in [-0.3, -0.25) is 9.36 Å². The Labute approximate surface area is 226 Å². The van der Waals surface area contributed by atoms with E-state index in [1.54, 1.807) is 10.9 Å². The van der Waals surface area contributed by atoms with E-state index in [0.29, 0.717) is 35.2 Å². The van der Waals surface area contributed by atoms with Gasteiger partial charge in [0.2, 0.25) is 5.95 Å². The van der Waals surface area contributed by atoms with E-state index in [9.17, 15) is 9.90 Å². The van der Waals surface area contributed by atoms with Gasteiger partial charge in [-0.2, -0.15) is 15.0 Å². The van der Waals surface area contributed by atoms with Crippen LogP contribution in [-0.2, 0) is 20.7 Å². The lowest BCUT2D eigenvalue weighted by Gasteiger charge is -2.27. The smallest absolute Gasteiger partial charge is 0.293 e. The summed E-state index contributed by atoms with van der Waals surface area (Å²) in [5.41, 5.74) is 7.10. The number of hydrogen-bond donors (Lipinski definition) is 4. The van der Waals surface area contributed by atoms with Crippen LogP contribution in [0.4, 0.5) is 11.8 Å². The van der Waals surface area contributed by atoms with Crippen molar-refractivity contribution in [1.82, 2.24) is 29.7 Å². The number of carbonyl (C=O) groups excluding carboxylic acids is 1. The second-order valence-electron chi connectivity index (χ2n) is 10.2. The van der Waals surface area contributed by atoms with Crippen molar-refractivity contribution in [3.63, 3.8) is 0 Å². The predicted molar refractivity (Wildman–Crippen MR) is 141 cm³/mol. The van der Waals surface area contributed by atoms with Gasteiger partial charge >= 0.3 is 0 Å². The van der Waals surface area contributed by atoms with Crippen LogP contribution in [0.15, 0.2) is 10.9 Å². The van der Waals surface area contributed by atoms with Gasteiger partial charge in [-0.25, -0.2) is 4.98 Å². The highest BCUT2D eigenvalue weighted by Gasteiger charge is 2.50. The van der Waals surface area contributed by atoms with Gasteiger partial charge in [-0.05, 0) is 38.5 Å². The van der Waals surface area contributed by atoms with Crippen LogP contribution in [0, 0.1) is 0 Å². The number of aliphatic hydroxyl groups excluding tert-OH is 1. The van der Waals surface area contributed by atoms with Gasteiger partial charge in [0.1, 0.15) is 6.10 Å². The minimum Gasteiger partial charge on any atom is -0.457 e. The highest BCUT2D eigenvalue weighted by Crippen LogP contribution is 2.41. The minimum absolute atomic E-state index is 0.106. The number of imidazole rings is 1. The standard InChI is InChI=1S/C25H37N9O5/c1-4-14(5-2)28-21-17-22(32-25(31-21)29-15-9-7-13(26)8-10-15)34(11-27-17)24-20(37-12-35)18(36)19(38-24)23-30-16(6-3)33-39-23/h11-15,18-20,24,36H,4-10,26H2,1-3H3,(H2,28,29,31,32)/t13-,15-,18-,19+,20-,24-/m1/s1. The van der Waals surface area contributed by atoms with Crippen molar-refractivity contribution in [3.05, 3.63) is 18.0 Å². The molecule has 3 aromatic heterocycles. The van der Waals surface area contributed by atoms with Crippen molar-refractivity contribution in [2.75, 3.05) is 10.6 Å². The third-order valence-corrected chi connectivity index (χ3v) is 7.60. The third kappa shape index (κ3) is 5.54. The number of hydrogen-bond acceptors (Lipinski definition) is 13. The molecule has 0 bridgehead atoms. The monoisotopic (exact) mass is 543 g/mol. The van der Waals surface area contributed by atoms with Crippen molar-refractivity contribution in [3.8, 4) is 0 Å². The quantitative estimate of drug-likeness (QED) is 0.258. The number of aliphatic hydroxyl groups is 1. The number of aryl methyl sites for hydroxylation is 1. The number of anilines is 2. The molecular weight excluding hydrogens is 506 g/mol. The molecule has 2 aliphatic rings. The van der Waals surface area contributed by atoms with Gasteiger partial charge in [-0.1, -0.05) is 25.9 Å². The van der Waals surface area contributed by atoms with Crippen LogP contribution >= 0.6 is 0 Å². The summed E-state index contributed by atoms with van der Waals surface area (Å²) in [5, 5.41) is 21.9. The minimum atomic E-state index is -1.25. The maximum absolute atomic E-state index is 11.4. The molecule has 0 radical (unpaired) electrons. The molecule has 14 heteroatoms. The summed E-state index contributed by atoms with van der Waals surface area (Å²) in [6.45, 7) is 6.39. The van der Waals surface area contributed by atoms with Crippen LogP contribution in [0.2, 0.25) is 0 Å². The fourth-order valence-electron chi connectivity index (χ4n) is 5.22. The predicted octanol–water partition coefficient (Wildman–Crippen LogP) is 2.23. The van der Waals surface area contributed by atoms with Crippen LogP contribution < -0.4 is 16.4 Å². The normalized spacial score (nSPS) is 27.2. The first-order chi connectivity index (χ1) is 18.9. The van der Waals surface area contributed by atoms with Crippen LogP contribution in [0.25, 0.3) is 11.2 Å². The molecule has 14 nitrogen and oxygen atoms in total. The molecule has 2 fully saturated rings. The Balaban J connectivity index is 1.52. The fraction of sp³-hybridized carbons (Fsp3) is 0.680. The highest BCUT2D eigenvalue weighted by molar-refractivity contribution is 5.84. The van der Waals surface area contributed by atoms with Crippen molar-refractivity contribution in [2.24, 2.45) is 5.73 Å². The highest BCUT2D eigenvalue weighted by atomic mass is 16.6. The number of ether oxygens (including phenoxy) is 2. The zero-order valence-corrected chi connectivity index (χ0v) is 22.5. The largest absolute Gasteiger partial charge is 0.457 e. The number of nitrogens with one attached hydrogen (secondary N) is 2. The molecule has 1 saturated heterocycles. The van der Waals surface area contributed by atoms with Crippen LogP contribution in [0.5, 0.6) is 0 Å². The van der Waals surface area contributed by atoms with Gasteiger partial charge < -0.3 is 35.5 Å². The van der Waals surface area contributed by atoms with Gasteiger partial charge in [0, 0.05) is 24.5 Å². The Morgan fingerprint density at radius 2 is 1.97 bits per heavy atom. The number of nitrogens with two attached hydrogens (primary N) is 1. The molecule has 5 N–H and O–H groups in total. The lowest BCUT2D eigenvalue weighted by atomic mass is 9.92. The molecule has 1 saturated carbocycles. The van der Waals surface area contributed by atoms with E-state index in [0.717, 1.165) is 38.5 Å². The molecule has 4 atom stereocenters. The number of carbonyl (C=O) groups is 1. The summed E-state index contributed by atoms with van der Waals surface area (Å²) in [5.74, 6) is 1.63. The summed E-state index contributed by atoms with van der Waals surface area (Å²) in [6, 6.07) is 0.616. The first kappa shape index (κ1) is 27.2. The van der Waals surface area contributed by atoms with Crippen LogP contribution in [0.1, 0.15) is 83.3 Å². The Hall–Kier alpha value is -3.36.